The Labute approximate surface area is 177 Å². The maximum atomic E-state index is 12.9. The highest BCUT2D eigenvalue weighted by Crippen LogP contribution is 2.36. The van der Waals surface area contributed by atoms with Crippen molar-refractivity contribution in [3.63, 3.8) is 0 Å². The molecule has 31 heavy (non-hydrogen) atoms. The van der Waals surface area contributed by atoms with Crippen molar-refractivity contribution in [3.8, 4) is 30.1 Å². The number of phenolic OH excluding ortho intramolecular Hbond substituents is 1. The van der Waals surface area contributed by atoms with Crippen LogP contribution < -0.4 is 11.1 Å². The van der Waals surface area contributed by atoms with Gasteiger partial charge < -0.3 is 20.6 Å². The van der Waals surface area contributed by atoms with Gasteiger partial charge in [0, 0.05) is 17.5 Å². The zero-order chi connectivity index (χ0) is 23.8. The summed E-state index contributed by atoms with van der Waals surface area (Å²) in [5.74, 6) is -0.775. The fraction of sp³-hybridized carbons (Fsp3) is 0.286. The van der Waals surface area contributed by atoms with E-state index in [4.69, 9.17) is 10.2 Å². The maximum absolute atomic E-state index is 12.9. The predicted octanol–water partition coefficient (Wildman–Crippen LogP) is 4.10. The summed E-state index contributed by atoms with van der Waals surface area (Å²) in [4.78, 5) is 19.7. The van der Waals surface area contributed by atoms with Crippen molar-refractivity contribution in [1.82, 2.24) is 15.3 Å². The van der Waals surface area contributed by atoms with Crippen LogP contribution >= 0.6 is 0 Å². The van der Waals surface area contributed by atoms with E-state index >= 15 is 0 Å². The van der Waals surface area contributed by atoms with E-state index in [2.05, 4.69) is 28.1 Å². The largest absolute Gasteiger partial charge is 0.506 e. The van der Waals surface area contributed by atoms with Crippen LogP contribution in [0.5, 0.6) is 5.75 Å². The first-order valence-corrected chi connectivity index (χ1v) is 9.27. The van der Waals surface area contributed by atoms with E-state index in [1.807, 2.05) is 13.8 Å². The molecule has 1 amide bonds. The zero-order valence-corrected chi connectivity index (χ0v) is 17.2. The summed E-state index contributed by atoms with van der Waals surface area (Å²) in [5.41, 5.74) is 4.46. The van der Waals surface area contributed by atoms with Crippen LogP contribution in [0, 0.1) is 12.8 Å². The lowest BCUT2D eigenvalue weighted by molar-refractivity contribution is -0.140. The third kappa shape index (κ3) is 5.52. The van der Waals surface area contributed by atoms with E-state index in [9.17, 15) is 23.1 Å². The van der Waals surface area contributed by atoms with Crippen molar-refractivity contribution >= 4 is 16.8 Å². The van der Waals surface area contributed by atoms with Crippen LogP contribution in [0.25, 0.3) is 22.4 Å². The molecule has 0 saturated carbocycles. The Bertz CT molecular complexity index is 1060. The van der Waals surface area contributed by atoms with Crippen LogP contribution in [0.1, 0.15) is 42.7 Å². The van der Waals surface area contributed by atoms with Gasteiger partial charge in [0.15, 0.2) is 11.5 Å². The van der Waals surface area contributed by atoms with Gasteiger partial charge >= 0.3 is 6.18 Å². The number of terminal acetylenes is 1. The molecule has 0 aliphatic carbocycles. The average molecular weight is 436 g/mol. The predicted molar refractivity (Wildman–Crippen MR) is 111 cm³/mol. The number of nitrogens with zero attached hydrogens (tertiary/aromatic N) is 2. The number of nitrogens with two attached hydrogens (primary N) is 1. The second-order valence-electron chi connectivity index (χ2n) is 5.58. The molecule has 0 saturated heterocycles. The van der Waals surface area contributed by atoms with E-state index < -0.39 is 23.5 Å². The molecule has 0 unspecified atom stereocenters. The van der Waals surface area contributed by atoms with Crippen LogP contribution in [0.3, 0.4) is 0 Å². The topological polar surface area (TPSA) is 114 Å². The number of nitrogens with one attached hydrogen (secondary N) is 1. The number of hydrogen-bond acceptors (Lipinski definition) is 6. The molecule has 0 atom stereocenters. The van der Waals surface area contributed by atoms with Crippen LogP contribution in [0.15, 0.2) is 28.7 Å². The van der Waals surface area contributed by atoms with Gasteiger partial charge in [0.2, 0.25) is 5.89 Å². The van der Waals surface area contributed by atoms with Gasteiger partial charge in [0.25, 0.3) is 5.91 Å². The highest BCUT2D eigenvalue weighted by Gasteiger charge is 2.33. The second-order valence-corrected chi connectivity index (χ2v) is 5.58. The Balaban J connectivity index is 0.00000113. The molecular weight excluding hydrogens is 413 g/mol. The van der Waals surface area contributed by atoms with Crippen LogP contribution in [-0.4, -0.2) is 27.5 Å². The molecule has 3 aromatic rings. The summed E-state index contributed by atoms with van der Waals surface area (Å²) in [6, 6.07) is 4.56. The Hall–Kier alpha value is -3.58. The van der Waals surface area contributed by atoms with Crippen molar-refractivity contribution in [2.45, 2.75) is 33.5 Å². The number of phenols is 1. The second kappa shape index (κ2) is 11.0. The molecule has 4 N–H and O–H groups in total. The smallest absolute Gasteiger partial charge is 0.433 e. The normalized spacial score (nSPS) is 10.5. The third-order valence-corrected chi connectivity index (χ3v) is 3.79. The minimum Gasteiger partial charge on any atom is -0.506 e. The standard InChI is InChI=1S/C17H15F3N4O3.C2H6.C2H2/c1-2-22-15(26)14-11(7-21)27-16(24-14)9-3-5-10(25)13-8(9)4-6-12(23-13)17(18,19)20;2*1-2/h3-6,25H,2,7,21H2,1H3,(H,22,26);1-2H3;1-2H. The number of hydrogen-bond donors (Lipinski definition) is 3. The van der Waals surface area contributed by atoms with Crippen molar-refractivity contribution in [3.05, 3.63) is 41.4 Å². The summed E-state index contributed by atoms with van der Waals surface area (Å²) in [7, 11) is 0. The maximum Gasteiger partial charge on any atom is 0.433 e. The van der Waals surface area contributed by atoms with Gasteiger partial charge in [-0.3, -0.25) is 4.79 Å². The number of rotatable bonds is 4. The minimum atomic E-state index is -4.66. The number of aromatic nitrogens is 2. The average Bonchev–Trinajstić information content (AvgIpc) is 3.20. The highest BCUT2D eigenvalue weighted by atomic mass is 19.4. The van der Waals surface area contributed by atoms with E-state index in [1.54, 1.807) is 6.92 Å². The summed E-state index contributed by atoms with van der Waals surface area (Å²) >= 11 is 0. The number of benzene rings is 1. The molecular formula is C21H23F3N4O3. The summed E-state index contributed by atoms with van der Waals surface area (Å²) in [5, 5.41) is 12.7. The van der Waals surface area contributed by atoms with Crippen molar-refractivity contribution in [1.29, 1.82) is 0 Å². The molecule has 166 valence electrons. The molecule has 0 radical (unpaired) electrons. The van der Waals surface area contributed by atoms with E-state index in [0.29, 0.717) is 6.54 Å². The first-order valence-electron chi connectivity index (χ1n) is 9.27. The van der Waals surface area contributed by atoms with Gasteiger partial charge in [-0.1, -0.05) is 13.8 Å². The zero-order valence-electron chi connectivity index (χ0n) is 17.2. The lowest BCUT2D eigenvalue weighted by Gasteiger charge is -2.09. The van der Waals surface area contributed by atoms with Crippen LogP contribution in [0.2, 0.25) is 0 Å². The van der Waals surface area contributed by atoms with Gasteiger partial charge in [-0.25, -0.2) is 9.97 Å². The highest BCUT2D eigenvalue weighted by molar-refractivity contribution is 5.98. The molecule has 1 aromatic carbocycles. The van der Waals surface area contributed by atoms with Gasteiger partial charge in [0.05, 0.1) is 6.54 Å². The van der Waals surface area contributed by atoms with Crippen LogP contribution in [0.4, 0.5) is 13.2 Å². The quantitative estimate of drug-likeness (QED) is 0.531. The third-order valence-electron chi connectivity index (χ3n) is 3.79. The summed E-state index contributed by atoms with van der Waals surface area (Å²) in [6.07, 6.45) is 3.34. The molecule has 0 spiro atoms. The SMILES string of the molecule is C#C.CC.CCNC(=O)c1nc(-c2ccc(O)c3nc(C(F)(F)F)ccc23)oc1CN. The molecule has 0 aliphatic rings. The number of carbonyl (C=O) groups is 1. The Morgan fingerprint density at radius 2 is 1.84 bits per heavy atom. The first-order chi connectivity index (χ1) is 14.8. The molecule has 0 fully saturated rings. The van der Waals surface area contributed by atoms with Crippen LogP contribution in [-0.2, 0) is 12.7 Å². The van der Waals surface area contributed by atoms with Gasteiger partial charge in [-0.2, -0.15) is 13.2 Å². The number of amides is 1. The summed E-state index contributed by atoms with van der Waals surface area (Å²) in [6.45, 7) is 6.02. The summed E-state index contributed by atoms with van der Waals surface area (Å²) < 4.78 is 44.2. The van der Waals surface area contributed by atoms with E-state index in [0.717, 1.165) is 12.1 Å². The fourth-order valence-corrected chi connectivity index (χ4v) is 2.57. The lowest BCUT2D eigenvalue weighted by Crippen LogP contribution is -2.24. The number of halogens is 3. The van der Waals surface area contributed by atoms with Crippen molar-refractivity contribution in [2.75, 3.05) is 6.54 Å². The molecule has 2 aromatic heterocycles. The first kappa shape index (κ1) is 25.5. The minimum absolute atomic E-state index is 0.00422. The Kier molecular flexibility index (Phi) is 9.02. The molecule has 7 nitrogen and oxygen atoms in total. The number of oxazole rings is 1. The lowest BCUT2D eigenvalue weighted by atomic mass is 10.1. The molecule has 2 heterocycles. The van der Waals surface area contributed by atoms with E-state index in [-0.39, 0.29) is 40.4 Å². The number of aromatic hydroxyl groups is 1. The van der Waals surface area contributed by atoms with Gasteiger partial charge in [-0.05, 0) is 31.2 Å². The number of pyridine rings is 1. The Morgan fingerprint density at radius 1 is 1.19 bits per heavy atom. The van der Waals surface area contributed by atoms with Crippen molar-refractivity contribution < 1.29 is 27.5 Å². The Morgan fingerprint density at radius 3 is 2.39 bits per heavy atom. The molecule has 3 rings (SSSR count). The van der Waals surface area contributed by atoms with E-state index in [1.165, 1.54) is 12.1 Å². The van der Waals surface area contributed by atoms with Gasteiger partial charge in [-0.15, -0.1) is 12.8 Å². The van der Waals surface area contributed by atoms with Crippen molar-refractivity contribution in [2.24, 2.45) is 5.73 Å². The number of carbonyl (C=O) groups excluding carboxylic acids is 1. The number of alkyl halides is 3. The monoisotopic (exact) mass is 436 g/mol. The molecule has 10 heteroatoms. The fourth-order valence-electron chi connectivity index (χ4n) is 2.57. The number of fused-ring (bicyclic) bond motifs is 1. The van der Waals surface area contributed by atoms with Gasteiger partial charge in [0.1, 0.15) is 17.0 Å². The molecule has 0 aliphatic heterocycles. The molecule has 0 bridgehead atoms.